The van der Waals surface area contributed by atoms with Crippen LogP contribution in [0.5, 0.6) is 0 Å². The zero-order valence-electron chi connectivity index (χ0n) is 15.1. The van der Waals surface area contributed by atoms with Crippen molar-refractivity contribution in [2.24, 2.45) is 5.92 Å². The first-order valence-corrected chi connectivity index (χ1v) is 9.36. The van der Waals surface area contributed by atoms with Crippen LogP contribution in [0.15, 0.2) is 24.5 Å². The van der Waals surface area contributed by atoms with Gasteiger partial charge in [0.2, 0.25) is 5.91 Å². The molecule has 0 spiro atoms. The van der Waals surface area contributed by atoms with Crippen LogP contribution < -0.4 is 10.2 Å². The quantitative estimate of drug-likeness (QED) is 0.915. The number of carbonyl (C=O) groups is 2. The molecular formula is C19H25N5O2. The van der Waals surface area contributed by atoms with Crippen LogP contribution >= 0.6 is 0 Å². The molecular weight excluding hydrogens is 330 g/mol. The van der Waals surface area contributed by atoms with Gasteiger partial charge in [0, 0.05) is 19.2 Å². The van der Waals surface area contributed by atoms with Gasteiger partial charge in [0.1, 0.15) is 0 Å². The van der Waals surface area contributed by atoms with Gasteiger partial charge in [-0.15, -0.1) is 0 Å². The molecule has 0 radical (unpaired) electrons. The van der Waals surface area contributed by atoms with Gasteiger partial charge in [-0.05, 0) is 69.4 Å². The van der Waals surface area contributed by atoms with E-state index in [4.69, 9.17) is 0 Å². The number of aromatic nitrogens is 2. The van der Waals surface area contributed by atoms with E-state index in [9.17, 15) is 9.59 Å². The number of hydrogen-bond donors (Lipinski definition) is 1. The number of urea groups is 1. The minimum atomic E-state index is -0.367. The van der Waals surface area contributed by atoms with E-state index in [1.165, 1.54) is 31.4 Å². The number of nitrogens with zero attached hydrogens (tertiary/aromatic N) is 4. The first-order valence-electron chi connectivity index (χ1n) is 9.36. The summed E-state index contributed by atoms with van der Waals surface area (Å²) in [6, 6.07) is 3.90. The maximum absolute atomic E-state index is 12.2. The van der Waals surface area contributed by atoms with Crippen molar-refractivity contribution in [2.45, 2.75) is 32.1 Å². The molecule has 26 heavy (non-hydrogen) atoms. The summed E-state index contributed by atoms with van der Waals surface area (Å²) in [6.07, 6.45) is 8.78. The lowest BCUT2D eigenvalue weighted by Crippen LogP contribution is -2.49. The molecule has 138 valence electrons. The predicted molar refractivity (Wildman–Crippen MR) is 99.2 cm³/mol. The molecule has 3 amide bonds. The van der Waals surface area contributed by atoms with Crippen LogP contribution in [-0.2, 0) is 11.2 Å². The number of likely N-dealkylation sites (tertiary alicyclic amines) is 1. The number of amides is 3. The van der Waals surface area contributed by atoms with Crippen LogP contribution in [0.1, 0.15) is 31.2 Å². The maximum atomic E-state index is 12.2. The number of hydrogen-bond acceptors (Lipinski definition) is 4. The van der Waals surface area contributed by atoms with Gasteiger partial charge in [-0.1, -0.05) is 0 Å². The van der Waals surface area contributed by atoms with Crippen molar-refractivity contribution in [1.82, 2.24) is 19.8 Å². The predicted octanol–water partition coefficient (Wildman–Crippen LogP) is 2.05. The molecule has 2 aromatic rings. The molecule has 2 fully saturated rings. The molecule has 2 saturated heterocycles. The topological polar surface area (TPSA) is 70.0 Å². The lowest BCUT2D eigenvalue weighted by Gasteiger charge is -2.25. The van der Waals surface area contributed by atoms with Crippen molar-refractivity contribution in [2.75, 3.05) is 31.6 Å². The van der Waals surface area contributed by atoms with Crippen molar-refractivity contribution in [3.05, 3.63) is 30.1 Å². The standard InChI is InChI=1S/C19H25N5O2/c1-22-7-2-3-14(4-8-22)11-15-5-10-24-16(12-15)17(13-20-24)23-9-6-18(25)21-19(23)26/h5,10,12-14H,2-4,6-9,11H2,1H3,(H,21,25,26). The van der Waals surface area contributed by atoms with E-state index in [-0.39, 0.29) is 11.9 Å². The minimum absolute atomic E-state index is 0.221. The van der Waals surface area contributed by atoms with E-state index in [0.717, 1.165) is 24.2 Å². The van der Waals surface area contributed by atoms with Gasteiger partial charge in [0.15, 0.2) is 0 Å². The molecule has 7 heteroatoms. The van der Waals surface area contributed by atoms with Gasteiger partial charge in [-0.2, -0.15) is 5.10 Å². The van der Waals surface area contributed by atoms with E-state index in [0.29, 0.717) is 18.9 Å². The Morgan fingerprint density at radius 1 is 1.23 bits per heavy atom. The molecule has 4 rings (SSSR count). The SMILES string of the molecule is CN1CCCC(Cc2ccn3ncc(N4CCC(=O)NC4=O)c3c2)CC1. The van der Waals surface area contributed by atoms with Crippen molar-refractivity contribution >= 4 is 23.1 Å². The smallest absolute Gasteiger partial charge is 0.306 e. The Kier molecular flexibility index (Phi) is 4.63. The van der Waals surface area contributed by atoms with E-state index in [2.05, 4.69) is 34.5 Å². The van der Waals surface area contributed by atoms with E-state index < -0.39 is 0 Å². The number of anilines is 1. The monoisotopic (exact) mass is 355 g/mol. The number of rotatable bonds is 3. The molecule has 0 aliphatic carbocycles. The molecule has 7 nitrogen and oxygen atoms in total. The number of fused-ring (bicyclic) bond motifs is 1. The zero-order valence-corrected chi connectivity index (χ0v) is 15.1. The van der Waals surface area contributed by atoms with Gasteiger partial charge < -0.3 is 4.90 Å². The zero-order chi connectivity index (χ0) is 18.1. The number of carbonyl (C=O) groups excluding carboxylic acids is 2. The Balaban J connectivity index is 1.56. The highest BCUT2D eigenvalue weighted by molar-refractivity contribution is 6.07. The Hall–Kier alpha value is -2.41. The average Bonchev–Trinajstić information content (AvgIpc) is 2.91. The van der Waals surface area contributed by atoms with Crippen LogP contribution in [0, 0.1) is 5.92 Å². The molecule has 0 saturated carbocycles. The fraction of sp³-hybridized carbons (Fsp3) is 0.526. The molecule has 2 aromatic heterocycles. The molecule has 0 aromatic carbocycles. The number of pyridine rings is 1. The Labute approximate surface area is 152 Å². The second-order valence-electron chi connectivity index (χ2n) is 7.45. The summed E-state index contributed by atoms with van der Waals surface area (Å²) in [7, 11) is 2.20. The highest BCUT2D eigenvalue weighted by atomic mass is 16.2. The van der Waals surface area contributed by atoms with E-state index >= 15 is 0 Å². The fourth-order valence-corrected chi connectivity index (χ4v) is 3.99. The van der Waals surface area contributed by atoms with E-state index in [1.54, 1.807) is 15.6 Å². The summed E-state index contributed by atoms with van der Waals surface area (Å²) < 4.78 is 1.80. The average molecular weight is 355 g/mol. The first-order chi connectivity index (χ1) is 12.6. The van der Waals surface area contributed by atoms with Gasteiger partial charge in [-0.25, -0.2) is 9.31 Å². The lowest BCUT2D eigenvalue weighted by atomic mass is 9.93. The van der Waals surface area contributed by atoms with Crippen LogP contribution in [0.4, 0.5) is 10.5 Å². The van der Waals surface area contributed by atoms with Crippen molar-refractivity contribution in [1.29, 1.82) is 0 Å². The van der Waals surface area contributed by atoms with E-state index in [1.807, 2.05) is 6.20 Å². The third kappa shape index (κ3) is 3.44. The van der Waals surface area contributed by atoms with Crippen LogP contribution in [0.25, 0.3) is 5.52 Å². The molecule has 4 heterocycles. The summed E-state index contributed by atoms with van der Waals surface area (Å²) in [5.74, 6) is 0.478. The normalized spacial score (nSPS) is 22.5. The molecule has 1 atom stereocenters. The maximum Gasteiger partial charge on any atom is 0.328 e. The summed E-state index contributed by atoms with van der Waals surface area (Å²) in [5.41, 5.74) is 2.96. The third-order valence-electron chi connectivity index (χ3n) is 5.51. The highest BCUT2D eigenvalue weighted by Gasteiger charge is 2.26. The summed E-state index contributed by atoms with van der Waals surface area (Å²) >= 11 is 0. The number of nitrogens with one attached hydrogen (secondary N) is 1. The highest BCUT2D eigenvalue weighted by Crippen LogP contribution is 2.26. The Morgan fingerprint density at radius 3 is 2.96 bits per heavy atom. The fourth-order valence-electron chi connectivity index (χ4n) is 3.99. The summed E-state index contributed by atoms with van der Waals surface area (Å²) in [4.78, 5) is 27.6. The van der Waals surface area contributed by atoms with Gasteiger partial charge >= 0.3 is 6.03 Å². The molecule has 2 aliphatic rings. The van der Waals surface area contributed by atoms with Crippen LogP contribution in [-0.4, -0.2) is 53.1 Å². The summed E-state index contributed by atoms with van der Waals surface area (Å²) in [5, 5.41) is 6.74. The minimum Gasteiger partial charge on any atom is -0.306 e. The lowest BCUT2D eigenvalue weighted by molar-refractivity contribution is -0.120. The third-order valence-corrected chi connectivity index (χ3v) is 5.51. The second-order valence-corrected chi connectivity index (χ2v) is 7.45. The number of imide groups is 1. The molecule has 0 bridgehead atoms. The molecule has 1 N–H and O–H groups in total. The van der Waals surface area contributed by atoms with Crippen LogP contribution in [0.3, 0.4) is 0 Å². The largest absolute Gasteiger partial charge is 0.328 e. The van der Waals surface area contributed by atoms with Gasteiger partial charge in [-0.3, -0.25) is 15.0 Å². The Bertz CT molecular complexity index is 830. The van der Waals surface area contributed by atoms with Crippen LogP contribution in [0.2, 0.25) is 0 Å². The molecule has 2 aliphatic heterocycles. The van der Waals surface area contributed by atoms with Gasteiger partial charge in [0.25, 0.3) is 0 Å². The van der Waals surface area contributed by atoms with Crippen molar-refractivity contribution < 1.29 is 9.59 Å². The van der Waals surface area contributed by atoms with Crippen molar-refractivity contribution in [3.8, 4) is 0 Å². The summed E-state index contributed by atoms with van der Waals surface area (Å²) in [6.45, 7) is 2.74. The molecule has 1 unspecified atom stereocenters. The second kappa shape index (κ2) is 7.07. The van der Waals surface area contributed by atoms with Gasteiger partial charge in [0.05, 0.1) is 17.4 Å². The van der Waals surface area contributed by atoms with Crippen molar-refractivity contribution in [3.63, 3.8) is 0 Å². The first kappa shape index (κ1) is 17.0. The Morgan fingerprint density at radius 2 is 2.12 bits per heavy atom.